The normalized spacial score (nSPS) is 17.5. The van der Waals surface area contributed by atoms with Gasteiger partial charge in [-0.05, 0) is 74.3 Å². The Morgan fingerprint density at radius 3 is 2.41 bits per heavy atom. The smallest absolute Gasteiger partial charge is 0.246 e. The van der Waals surface area contributed by atoms with Crippen LogP contribution in [0.15, 0.2) is 66.6 Å². The first-order valence-corrected chi connectivity index (χ1v) is 24.4. The molecule has 4 amide bonds. The van der Waals surface area contributed by atoms with E-state index in [1.165, 1.54) is 17.0 Å². The van der Waals surface area contributed by atoms with Crippen LogP contribution < -0.4 is 21.1 Å². The number of ether oxygens (including phenoxy) is 1. The number of thiazole rings is 1. The molecule has 68 heavy (non-hydrogen) atoms. The van der Waals surface area contributed by atoms with Gasteiger partial charge in [-0.3, -0.25) is 23.9 Å². The van der Waals surface area contributed by atoms with E-state index in [1.54, 1.807) is 36.7 Å². The molecule has 2 aliphatic rings. The van der Waals surface area contributed by atoms with Gasteiger partial charge in [0, 0.05) is 79.5 Å². The summed E-state index contributed by atoms with van der Waals surface area (Å²) in [6, 6.07) is 10.4. The number of nitrogens with one attached hydrogen (secondary N) is 2. The number of pyridine rings is 1. The number of rotatable bonds is 16. The maximum Gasteiger partial charge on any atom is 0.246 e. The minimum Gasteiger partial charge on any atom is -0.482 e. The number of amides is 4. The molecule has 0 bridgehead atoms. The summed E-state index contributed by atoms with van der Waals surface area (Å²) >= 11 is 14.1. The van der Waals surface area contributed by atoms with E-state index in [-0.39, 0.29) is 77.7 Å². The lowest BCUT2D eigenvalue weighted by Gasteiger charge is -2.35. The van der Waals surface area contributed by atoms with Gasteiger partial charge in [0.25, 0.3) is 0 Å². The molecule has 5 aromatic rings. The number of halogens is 3. The Labute approximate surface area is 409 Å². The highest BCUT2D eigenvalue weighted by atomic mass is 35.5. The van der Waals surface area contributed by atoms with E-state index in [4.69, 9.17) is 33.7 Å². The summed E-state index contributed by atoms with van der Waals surface area (Å²) in [6.07, 6.45) is 6.53. The minimum absolute atomic E-state index is 0.0169. The number of piperidine rings is 1. The van der Waals surface area contributed by atoms with Gasteiger partial charge < -0.3 is 36.0 Å². The molecule has 0 aliphatic carbocycles. The molecule has 2 aromatic carbocycles. The quantitative estimate of drug-likeness (QED) is 0.0554. The number of aromatic nitrogens is 4. The zero-order valence-electron chi connectivity index (χ0n) is 38.8. The van der Waals surface area contributed by atoms with Crippen molar-refractivity contribution in [2.75, 3.05) is 25.4 Å². The van der Waals surface area contributed by atoms with Gasteiger partial charge in [0.2, 0.25) is 23.6 Å². The number of nitrogens with zero attached hydrogens (tertiary/aromatic N) is 6. The lowest BCUT2D eigenvalue weighted by molar-refractivity contribution is -0.144. The Morgan fingerprint density at radius 2 is 1.72 bits per heavy atom. The first-order valence-electron chi connectivity index (χ1n) is 22.8. The van der Waals surface area contributed by atoms with Gasteiger partial charge >= 0.3 is 0 Å². The van der Waals surface area contributed by atoms with Crippen LogP contribution in [0.5, 0.6) is 5.75 Å². The number of likely N-dealkylation sites (tertiary alicyclic amines) is 2. The Balaban J connectivity index is 0.847. The molecule has 2 fully saturated rings. The number of aliphatic hydroxyl groups excluding tert-OH is 1. The van der Waals surface area contributed by atoms with Gasteiger partial charge in [-0.25, -0.2) is 14.4 Å². The number of anilines is 1. The third kappa shape index (κ3) is 12.0. The number of unbranched alkanes of at least 4 members (excludes halogenated alkanes) is 1. The van der Waals surface area contributed by atoms with E-state index in [0.29, 0.717) is 49.9 Å². The number of benzene rings is 2. The second kappa shape index (κ2) is 21.8. The van der Waals surface area contributed by atoms with Crippen LogP contribution in [-0.4, -0.2) is 96.1 Å². The van der Waals surface area contributed by atoms with E-state index >= 15 is 0 Å². The second-order valence-corrected chi connectivity index (χ2v) is 20.2. The maximum atomic E-state index is 14.2. The second-order valence-electron chi connectivity index (χ2n) is 18.6. The van der Waals surface area contributed by atoms with E-state index in [1.807, 2.05) is 73.2 Å². The number of nitrogens with two attached hydrogens (primary N) is 1. The Bertz CT molecular complexity index is 2610. The molecule has 2 aliphatic heterocycles. The molecular weight excluding hydrogens is 933 g/mol. The standard InChI is InChI=1S/C49H58Cl2FN9O6S/c1-28-44(68-27-56-28)31-12-10-30(11-13-31)22-55-47(65)38-21-35(62)26-60(38)48(66)45(49(3,4)5)58-40(63)8-6-7-9-41(64)59-18-16-34(17-19-59)61-25-33(24-57-61)32-20-39(46(53)54-23-32)67-29(2)42-36(50)14-15-37(52)43(42)51/h10-15,20,23-25,27,29,34-35,38,45,62H,6-9,16-19,21-22,26H2,1-5H3,(H2,53,54)(H,55,65)(H,58,63)/t29?,35-,38+,45?/m1/s1. The summed E-state index contributed by atoms with van der Waals surface area (Å²) in [5.41, 5.74) is 11.9. The highest BCUT2D eigenvalue weighted by molar-refractivity contribution is 7.13. The van der Waals surface area contributed by atoms with Crippen LogP contribution >= 0.6 is 34.5 Å². The highest BCUT2D eigenvalue weighted by Crippen LogP contribution is 2.38. The van der Waals surface area contributed by atoms with Crippen molar-refractivity contribution in [1.82, 2.24) is 40.2 Å². The molecule has 0 radical (unpaired) electrons. The highest BCUT2D eigenvalue weighted by Gasteiger charge is 2.44. The molecule has 15 nitrogen and oxygen atoms in total. The molecule has 3 aromatic heterocycles. The molecule has 362 valence electrons. The van der Waals surface area contributed by atoms with Crippen molar-refractivity contribution in [3.05, 3.63) is 99.2 Å². The summed E-state index contributed by atoms with van der Waals surface area (Å²) in [7, 11) is 0. The monoisotopic (exact) mass is 989 g/mol. The van der Waals surface area contributed by atoms with Crippen LogP contribution in [0, 0.1) is 18.2 Å². The first kappa shape index (κ1) is 50.3. The van der Waals surface area contributed by atoms with Gasteiger partial charge in [0.1, 0.15) is 24.0 Å². The third-order valence-corrected chi connectivity index (χ3v) is 14.2. The zero-order chi connectivity index (χ0) is 48.9. The molecule has 5 heterocycles. The summed E-state index contributed by atoms with van der Waals surface area (Å²) in [5, 5.41) is 21.2. The van der Waals surface area contributed by atoms with Crippen LogP contribution in [0.3, 0.4) is 0 Å². The van der Waals surface area contributed by atoms with Crippen molar-refractivity contribution in [3.8, 4) is 27.3 Å². The molecule has 5 N–H and O–H groups in total. The van der Waals surface area contributed by atoms with E-state index < -0.39 is 41.4 Å². The molecule has 0 spiro atoms. The number of β-amino-alcohol motifs (C(OH)–C–C–N with tert-alkyl or cyclic N) is 1. The number of hydrogen-bond donors (Lipinski definition) is 4. The minimum atomic E-state index is -0.941. The third-order valence-electron chi connectivity index (χ3n) is 12.6. The predicted octanol–water partition coefficient (Wildman–Crippen LogP) is 8.08. The molecule has 0 saturated carbocycles. The average molecular weight is 991 g/mol. The van der Waals surface area contributed by atoms with E-state index in [2.05, 4.69) is 25.7 Å². The SMILES string of the molecule is Cc1ncsc1-c1ccc(CNC(=O)[C@@H]2C[C@@H](O)CN2C(=O)C(NC(=O)CCCCC(=O)N2CCC(n3cc(-c4cnc(N)c(OC(C)c5c(Cl)ccc(F)c5Cl)c4)cn3)CC2)C(C)(C)C)cc1. The van der Waals surface area contributed by atoms with Crippen molar-refractivity contribution >= 4 is 64.0 Å². The Kier molecular flexibility index (Phi) is 16.1. The summed E-state index contributed by atoms with van der Waals surface area (Å²) in [4.78, 5) is 67.0. The fourth-order valence-corrected chi connectivity index (χ4v) is 10.2. The fraction of sp³-hybridized carbons (Fsp3) is 0.449. The first-order chi connectivity index (χ1) is 32.4. The lowest BCUT2D eigenvalue weighted by atomic mass is 9.85. The van der Waals surface area contributed by atoms with E-state index in [9.17, 15) is 28.7 Å². The number of nitrogen functional groups attached to an aromatic ring is 1. The zero-order valence-corrected chi connectivity index (χ0v) is 41.1. The molecule has 19 heteroatoms. The molecule has 2 unspecified atom stereocenters. The summed E-state index contributed by atoms with van der Waals surface area (Å²) in [6.45, 7) is 10.5. The van der Waals surface area contributed by atoms with Crippen LogP contribution in [0.4, 0.5) is 10.2 Å². The number of aryl methyl sites for hydroxylation is 1. The number of carbonyl (C=O) groups is 4. The van der Waals surface area contributed by atoms with Crippen LogP contribution in [0.25, 0.3) is 21.6 Å². The maximum absolute atomic E-state index is 14.2. The summed E-state index contributed by atoms with van der Waals surface area (Å²) in [5.74, 6) is -1.29. The van der Waals surface area contributed by atoms with Gasteiger partial charge in [0.05, 0.1) is 39.4 Å². The number of aliphatic hydroxyl groups is 1. The van der Waals surface area contributed by atoms with Crippen molar-refractivity contribution in [3.63, 3.8) is 0 Å². The van der Waals surface area contributed by atoms with Crippen molar-refractivity contribution in [1.29, 1.82) is 0 Å². The fourth-order valence-electron chi connectivity index (χ4n) is 8.67. The van der Waals surface area contributed by atoms with Crippen LogP contribution in [0.1, 0.15) is 102 Å². The average Bonchev–Trinajstić information content (AvgIpc) is 4.08. The van der Waals surface area contributed by atoms with Gasteiger partial charge in [-0.2, -0.15) is 5.10 Å². The number of carbonyl (C=O) groups excluding carboxylic acids is 4. The topological polar surface area (TPSA) is 198 Å². The van der Waals surface area contributed by atoms with Gasteiger partial charge in [-0.15, -0.1) is 11.3 Å². The Hall–Kier alpha value is -5.62. The van der Waals surface area contributed by atoms with Gasteiger partial charge in [-0.1, -0.05) is 68.2 Å². The van der Waals surface area contributed by atoms with Crippen molar-refractivity contribution < 1.29 is 33.4 Å². The largest absolute Gasteiger partial charge is 0.482 e. The van der Waals surface area contributed by atoms with Crippen LogP contribution in [0.2, 0.25) is 10.0 Å². The number of hydrogen-bond acceptors (Lipinski definition) is 11. The molecule has 4 atom stereocenters. The molecular formula is C49H58Cl2FN9O6S. The van der Waals surface area contributed by atoms with Crippen LogP contribution in [-0.2, 0) is 25.7 Å². The predicted molar refractivity (Wildman–Crippen MR) is 260 cm³/mol. The molecule has 2 saturated heterocycles. The lowest BCUT2D eigenvalue weighted by Crippen LogP contribution is -2.57. The van der Waals surface area contributed by atoms with Crippen molar-refractivity contribution in [2.24, 2.45) is 5.41 Å². The Morgan fingerprint density at radius 1 is 1.00 bits per heavy atom. The van der Waals surface area contributed by atoms with E-state index in [0.717, 1.165) is 27.3 Å². The van der Waals surface area contributed by atoms with Crippen molar-refractivity contribution in [2.45, 2.75) is 116 Å². The van der Waals surface area contributed by atoms with Gasteiger partial charge in [0.15, 0.2) is 11.6 Å². The summed E-state index contributed by atoms with van der Waals surface area (Å²) < 4.78 is 22.2. The molecule has 7 rings (SSSR count).